The van der Waals surface area contributed by atoms with Crippen molar-refractivity contribution in [3.8, 4) is 0 Å². The van der Waals surface area contributed by atoms with Gasteiger partial charge in [-0.1, -0.05) is 47.5 Å². The van der Waals surface area contributed by atoms with Crippen LogP contribution in [0.25, 0.3) is 0 Å². The van der Waals surface area contributed by atoms with Crippen LogP contribution in [0.2, 0.25) is 0 Å². The molecule has 0 saturated heterocycles. The Morgan fingerprint density at radius 3 is 2.27 bits per heavy atom. The van der Waals surface area contributed by atoms with Crippen LogP contribution in [0.5, 0.6) is 0 Å². The molecule has 5 nitrogen and oxygen atoms in total. The van der Waals surface area contributed by atoms with Crippen molar-refractivity contribution >= 4 is 17.4 Å². The summed E-state index contributed by atoms with van der Waals surface area (Å²) in [5.74, 6) is -0.447. The minimum absolute atomic E-state index is 0.0683. The van der Waals surface area contributed by atoms with Crippen molar-refractivity contribution < 1.29 is 18.0 Å². The number of hydrogen-bond donors (Lipinski definition) is 2. The van der Waals surface area contributed by atoms with E-state index in [1.54, 1.807) is 24.3 Å². The number of benzene rings is 2. The molecule has 3 aromatic rings. The SMILES string of the molecule is Cc1ccc(NC(=O)c2cnn3c2N[C@H](c2ccc(C)cc2)C[C@@H]3C(F)(F)F)cc1. The molecule has 0 spiro atoms. The third-order valence-corrected chi connectivity index (χ3v) is 5.27. The van der Waals surface area contributed by atoms with Gasteiger partial charge in [-0.2, -0.15) is 18.3 Å². The molecule has 0 bridgehead atoms. The van der Waals surface area contributed by atoms with Gasteiger partial charge >= 0.3 is 6.18 Å². The van der Waals surface area contributed by atoms with Crippen molar-refractivity contribution in [3.05, 3.63) is 77.0 Å². The standard InChI is InChI=1S/C22H21F3N4O/c1-13-3-7-15(8-4-13)18-11-19(22(23,24)25)29-20(28-18)17(12-26-29)21(30)27-16-9-5-14(2)6-10-16/h3-10,12,18-19,28H,11H2,1-2H3,(H,27,30)/t18-,19+/m0/s1. The predicted molar refractivity (Wildman–Crippen MR) is 109 cm³/mol. The first kappa shape index (κ1) is 20.0. The van der Waals surface area contributed by atoms with E-state index >= 15 is 0 Å². The highest BCUT2D eigenvalue weighted by Crippen LogP contribution is 2.44. The summed E-state index contributed by atoms with van der Waals surface area (Å²) in [6, 6.07) is 12.1. The molecule has 1 aromatic heterocycles. The molecule has 1 aliphatic heterocycles. The number of aromatic nitrogens is 2. The van der Waals surface area contributed by atoms with Crippen molar-refractivity contribution in [2.24, 2.45) is 0 Å². The molecule has 1 amide bonds. The topological polar surface area (TPSA) is 59.0 Å². The first-order valence-electron chi connectivity index (χ1n) is 9.58. The number of aryl methyl sites for hydroxylation is 2. The molecule has 8 heteroatoms. The predicted octanol–water partition coefficient (Wildman–Crippen LogP) is 5.41. The maximum atomic E-state index is 13.8. The minimum Gasteiger partial charge on any atom is -0.363 e. The summed E-state index contributed by atoms with van der Waals surface area (Å²) in [5, 5.41) is 9.72. The largest absolute Gasteiger partial charge is 0.410 e. The van der Waals surface area contributed by atoms with E-state index in [1.165, 1.54) is 6.20 Å². The van der Waals surface area contributed by atoms with Crippen LogP contribution in [0.1, 0.15) is 45.6 Å². The zero-order valence-electron chi connectivity index (χ0n) is 16.5. The second kappa shape index (κ2) is 7.51. The molecular formula is C22H21F3N4O. The van der Waals surface area contributed by atoms with Gasteiger partial charge in [-0.05, 0) is 31.5 Å². The first-order chi connectivity index (χ1) is 14.2. The van der Waals surface area contributed by atoms with Gasteiger partial charge in [-0.15, -0.1) is 0 Å². The van der Waals surface area contributed by atoms with Gasteiger partial charge in [0.25, 0.3) is 5.91 Å². The number of nitrogens with zero attached hydrogens (tertiary/aromatic N) is 2. The fraction of sp³-hybridized carbons (Fsp3) is 0.273. The second-order valence-electron chi connectivity index (χ2n) is 7.57. The Morgan fingerprint density at radius 2 is 1.67 bits per heavy atom. The highest BCUT2D eigenvalue weighted by Gasteiger charge is 2.47. The normalized spacial score (nSPS) is 18.4. The lowest BCUT2D eigenvalue weighted by molar-refractivity contribution is -0.173. The van der Waals surface area contributed by atoms with E-state index in [4.69, 9.17) is 0 Å². The molecule has 2 N–H and O–H groups in total. The number of carbonyl (C=O) groups excluding carboxylic acids is 1. The van der Waals surface area contributed by atoms with Crippen LogP contribution in [0.3, 0.4) is 0 Å². The number of nitrogens with one attached hydrogen (secondary N) is 2. The van der Waals surface area contributed by atoms with E-state index in [0.717, 1.165) is 21.4 Å². The number of carbonyl (C=O) groups is 1. The fourth-order valence-electron chi connectivity index (χ4n) is 3.58. The van der Waals surface area contributed by atoms with Crippen molar-refractivity contribution in [1.29, 1.82) is 0 Å². The Morgan fingerprint density at radius 1 is 1.07 bits per heavy atom. The lowest BCUT2D eigenvalue weighted by Gasteiger charge is -2.34. The molecule has 4 rings (SSSR count). The Balaban J connectivity index is 1.68. The maximum Gasteiger partial charge on any atom is 0.410 e. The van der Waals surface area contributed by atoms with E-state index in [1.807, 2.05) is 38.1 Å². The van der Waals surface area contributed by atoms with Gasteiger partial charge < -0.3 is 10.6 Å². The molecule has 0 aliphatic carbocycles. The molecule has 1 aliphatic rings. The highest BCUT2D eigenvalue weighted by molar-refractivity contribution is 6.07. The Hall–Kier alpha value is -3.29. The quantitative estimate of drug-likeness (QED) is 0.602. The second-order valence-corrected chi connectivity index (χ2v) is 7.57. The molecule has 0 fully saturated rings. The van der Waals surface area contributed by atoms with Crippen LogP contribution in [-0.2, 0) is 0 Å². The van der Waals surface area contributed by atoms with Crippen LogP contribution in [0, 0.1) is 13.8 Å². The number of amides is 1. The zero-order valence-corrected chi connectivity index (χ0v) is 16.5. The van der Waals surface area contributed by atoms with Gasteiger partial charge in [0.15, 0.2) is 6.04 Å². The summed E-state index contributed by atoms with van der Waals surface area (Å²) in [4.78, 5) is 12.8. The summed E-state index contributed by atoms with van der Waals surface area (Å²) >= 11 is 0. The summed E-state index contributed by atoms with van der Waals surface area (Å²) in [6.07, 6.45) is -3.51. The van der Waals surface area contributed by atoms with Gasteiger partial charge in [0.05, 0.1) is 12.2 Å². The summed E-state index contributed by atoms with van der Waals surface area (Å²) in [6.45, 7) is 3.84. The van der Waals surface area contributed by atoms with Crippen LogP contribution in [0.4, 0.5) is 24.7 Å². The summed E-state index contributed by atoms with van der Waals surface area (Å²) < 4.78 is 42.2. The van der Waals surface area contributed by atoms with Gasteiger partial charge in [0.1, 0.15) is 11.4 Å². The van der Waals surface area contributed by atoms with Crippen molar-refractivity contribution in [2.45, 2.75) is 38.5 Å². The number of hydrogen-bond acceptors (Lipinski definition) is 3. The Labute approximate surface area is 171 Å². The van der Waals surface area contributed by atoms with Crippen molar-refractivity contribution in [3.63, 3.8) is 0 Å². The third kappa shape index (κ3) is 3.90. The van der Waals surface area contributed by atoms with E-state index < -0.39 is 24.2 Å². The molecule has 0 saturated carbocycles. The fourth-order valence-corrected chi connectivity index (χ4v) is 3.58. The third-order valence-electron chi connectivity index (χ3n) is 5.27. The van der Waals surface area contributed by atoms with E-state index in [0.29, 0.717) is 5.69 Å². The van der Waals surface area contributed by atoms with E-state index in [-0.39, 0.29) is 17.8 Å². The van der Waals surface area contributed by atoms with Gasteiger partial charge in [0.2, 0.25) is 0 Å². The Kier molecular flexibility index (Phi) is 5.01. The molecule has 2 heterocycles. The number of rotatable bonds is 3. The van der Waals surface area contributed by atoms with E-state index in [2.05, 4.69) is 15.7 Å². The molecule has 2 atom stereocenters. The number of alkyl halides is 3. The lowest BCUT2D eigenvalue weighted by Crippen LogP contribution is -2.36. The highest BCUT2D eigenvalue weighted by atomic mass is 19.4. The maximum absolute atomic E-state index is 13.8. The first-order valence-corrected chi connectivity index (χ1v) is 9.58. The van der Waals surface area contributed by atoms with Crippen LogP contribution in [-0.4, -0.2) is 21.9 Å². The Bertz CT molecular complexity index is 1060. The van der Waals surface area contributed by atoms with Crippen LogP contribution in [0.15, 0.2) is 54.7 Å². The van der Waals surface area contributed by atoms with Gasteiger partial charge in [0, 0.05) is 12.1 Å². The molecule has 0 unspecified atom stereocenters. The zero-order chi connectivity index (χ0) is 21.5. The average Bonchev–Trinajstić information content (AvgIpc) is 3.13. The average molecular weight is 414 g/mol. The number of anilines is 2. The molecule has 30 heavy (non-hydrogen) atoms. The molecular weight excluding hydrogens is 393 g/mol. The van der Waals surface area contributed by atoms with E-state index in [9.17, 15) is 18.0 Å². The minimum atomic E-state index is -4.49. The van der Waals surface area contributed by atoms with Crippen LogP contribution >= 0.6 is 0 Å². The molecule has 0 radical (unpaired) electrons. The van der Waals surface area contributed by atoms with Gasteiger partial charge in [-0.3, -0.25) is 4.79 Å². The smallest absolute Gasteiger partial charge is 0.363 e. The number of fused-ring (bicyclic) bond motifs is 1. The summed E-state index contributed by atoms with van der Waals surface area (Å²) in [7, 11) is 0. The lowest BCUT2D eigenvalue weighted by atomic mass is 9.96. The summed E-state index contributed by atoms with van der Waals surface area (Å²) in [5.41, 5.74) is 3.41. The van der Waals surface area contributed by atoms with Gasteiger partial charge in [-0.25, -0.2) is 4.68 Å². The number of halogens is 3. The monoisotopic (exact) mass is 414 g/mol. The molecule has 2 aromatic carbocycles. The van der Waals surface area contributed by atoms with Crippen molar-refractivity contribution in [1.82, 2.24) is 9.78 Å². The van der Waals surface area contributed by atoms with Crippen molar-refractivity contribution in [2.75, 3.05) is 10.6 Å². The molecule has 156 valence electrons. The van der Waals surface area contributed by atoms with Crippen LogP contribution < -0.4 is 10.6 Å².